The maximum Gasteiger partial charge on any atom is 0.341 e. The van der Waals surface area contributed by atoms with E-state index in [0.717, 1.165) is 46.2 Å². The van der Waals surface area contributed by atoms with Gasteiger partial charge < -0.3 is 19.2 Å². The predicted molar refractivity (Wildman–Crippen MR) is 144 cm³/mol. The first-order valence-electron chi connectivity index (χ1n) is 12.1. The molecule has 2 aromatic heterocycles. The number of carbonyl (C=O) groups excluding carboxylic acids is 2. The van der Waals surface area contributed by atoms with Crippen molar-refractivity contribution in [1.29, 1.82) is 0 Å². The number of benzene rings is 2. The van der Waals surface area contributed by atoms with Crippen molar-refractivity contribution in [2.75, 3.05) is 19.0 Å². The first-order valence-corrected chi connectivity index (χ1v) is 13.0. The Hall–Kier alpha value is -3.91. The van der Waals surface area contributed by atoms with E-state index in [9.17, 15) is 14.4 Å². The number of aryl methyl sites for hydroxylation is 1. The van der Waals surface area contributed by atoms with E-state index >= 15 is 0 Å². The number of nitrogens with one attached hydrogen (secondary N) is 1. The number of hydrogen-bond donors (Lipinski definition) is 1. The molecule has 0 bridgehead atoms. The molecule has 0 fully saturated rings. The number of esters is 1. The van der Waals surface area contributed by atoms with Gasteiger partial charge in [-0.2, -0.15) is 0 Å². The summed E-state index contributed by atoms with van der Waals surface area (Å²) in [5.74, 6) is 0.124. The van der Waals surface area contributed by atoms with Crippen LogP contribution in [0.5, 0.6) is 5.75 Å². The van der Waals surface area contributed by atoms with Crippen LogP contribution in [0.2, 0.25) is 0 Å². The first kappa shape index (κ1) is 24.8. The lowest BCUT2D eigenvalue weighted by Gasteiger charge is -2.18. The molecule has 1 amide bonds. The molecule has 0 spiro atoms. The summed E-state index contributed by atoms with van der Waals surface area (Å²) < 4.78 is 16.3. The zero-order valence-corrected chi connectivity index (χ0v) is 21.7. The predicted octanol–water partition coefficient (Wildman–Crippen LogP) is 5.76. The topological polar surface area (TPSA) is 94.8 Å². The Labute approximate surface area is 218 Å². The monoisotopic (exact) mass is 517 g/mol. The van der Waals surface area contributed by atoms with E-state index in [2.05, 4.69) is 12.2 Å². The van der Waals surface area contributed by atoms with Gasteiger partial charge >= 0.3 is 11.6 Å². The zero-order valence-electron chi connectivity index (χ0n) is 20.9. The molecule has 37 heavy (non-hydrogen) atoms. The molecule has 2 aromatic carbocycles. The third-order valence-electron chi connectivity index (χ3n) is 6.71. The number of hydrogen-bond acceptors (Lipinski definition) is 7. The summed E-state index contributed by atoms with van der Waals surface area (Å²) in [7, 11) is 1.34. The summed E-state index contributed by atoms with van der Waals surface area (Å²) in [5.41, 5.74) is 3.66. The molecular formula is C29H27NO6S. The van der Waals surface area contributed by atoms with Gasteiger partial charge in [0.25, 0.3) is 5.91 Å². The van der Waals surface area contributed by atoms with Crippen LogP contribution >= 0.6 is 11.3 Å². The third kappa shape index (κ3) is 4.89. The second kappa shape index (κ2) is 10.2. The average Bonchev–Trinajstić information content (AvgIpc) is 3.24. The number of amides is 1. The van der Waals surface area contributed by atoms with Gasteiger partial charge in [0, 0.05) is 21.9 Å². The molecule has 1 N–H and O–H groups in total. The van der Waals surface area contributed by atoms with Gasteiger partial charge in [0.05, 0.1) is 12.7 Å². The smallest absolute Gasteiger partial charge is 0.341 e. The second-order valence-electron chi connectivity index (χ2n) is 9.29. The quantitative estimate of drug-likeness (QED) is 0.258. The van der Waals surface area contributed by atoms with Crippen molar-refractivity contribution < 1.29 is 23.5 Å². The number of carbonyl (C=O) groups is 2. The van der Waals surface area contributed by atoms with Crippen LogP contribution in [0.1, 0.15) is 39.7 Å². The number of thiophene rings is 1. The lowest BCUT2D eigenvalue weighted by Crippen LogP contribution is -2.21. The minimum Gasteiger partial charge on any atom is -0.483 e. The van der Waals surface area contributed by atoms with Gasteiger partial charge in [0.1, 0.15) is 16.3 Å². The Kier molecular flexibility index (Phi) is 6.84. The number of fused-ring (bicyclic) bond motifs is 2. The number of anilines is 1. The highest BCUT2D eigenvalue weighted by Crippen LogP contribution is 2.40. The van der Waals surface area contributed by atoms with Crippen LogP contribution in [0.3, 0.4) is 0 Å². The molecule has 0 saturated heterocycles. The SMILES string of the molecule is COC(=O)c1c(NC(=O)COc2ccc3c(-c4ccccc4)cc(=O)oc3c2C)sc2c1CCC(C)C2. The Bertz CT molecular complexity index is 1550. The average molecular weight is 518 g/mol. The van der Waals surface area contributed by atoms with Crippen molar-refractivity contribution in [3.05, 3.63) is 80.5 Å². The minimum atomic E-state index is -0.462. The molecule has 2 heterocycles. The van der Waals surface area contributed by atoms with Gasteiger partial charge in [-0.15, -0.1) is 11.3 Å². The molecule has 0 aliphatic heterocycles. The molecule has 1 aliphatic rings. The number of rotatable bonds is 6. The molecule has 8 heteroatoms. The third-order valence-corrected chi connectivity index (χ3v) is 7.88. The van der Waals surface area contributed by atoms with Crippen molar-refractivity contribution in [1.82, 2.24) is 0 Å². The Morgan fingerprint density at radius 3 is 2.70 bits per heavy atom. The van der Waals surface area contributed by atoms with Crippen LogP contribution in [0.25, 0.3) is 22.1 Å². The largest absolute Gasteiger partial charge is 0.483 e. The lowest BCUT2D eigenvalue weighted by atomic mass is 9.88. The van der Waals surface area contributed by atoms with E-state index in [0.29, 0.717) is 33.4 Å². The van der Waals surface area contributed by atoms with Crippen LogP contribution in [-0.4, -0.2) is 25.6 Å². The first-order chi connectivity index (χ1) is 17.9. The summed E-state index contributed by atoms with van der Waals surface area (Å²) in [6, 6.07) is 14.7. The van der Waals surface area contributed by atoms with Gasteiger partial charge in [-0.3, -0.25) is 4.79 Å². The van der Waals surface area contributed by atoms with Crippen molar-refractivity contribution in [2.45, 2.75) is 33.1 Å². The van der Waals surface area contributed by atoms with Crippen LogP contribution in [-0.2, 0) is 22.4 Å². The maximum absolute atomic E-state index is 12.8. The molecule has 1 unspecified atom stereocenters. The highest BCUT2D eigenvalue weighted by atomic mass is 32.1. The fraction of sp³-hybridized carbons (Fsp3) is 0.276. The molecule has 4 aromatic rings. The van der Waals surface area contributed by atoms with E-state index < -0.39 is 17.5 Å². The summed E-state index contributed by atoms with van der Waals surface area (Å²) in [6.45, 7) is 3.70. The normalized spacial score (nSPS) is 14.7. The Balaban J connectivity index is 1.38. The lowest BCUT2D eigenvalue weighted by molar-refractivity contribution is -0.118. The fourth-order valence-corrected chi connectivity index (χ4v) is 6.23. The Morgan fingerprint density at radius 1 is 1.16 bits per heavy atom. The maximum atomic E-state index is 12.8. The van der Waals surface area contributed by atoms with E-state index in [4.69, 9.17) is 13.9 Å². The second-order valence-corrected chi connectivity index (χ2v) is 10.4. The van der Waals surface area contributed by atoms with Gasteiger partial charge in [-0.25, -0.2) is 9.59 Å². The minimum absolute atomic E-state index is 0.269. The van der Waals surface area contributed by atoms with Crippen LogP contribution in [0.4, 0.5) is 5.00 Å². The highest BCUT2D eigenvalue weighted by Gasteiger charge is 2.29. The van der Waals surface area contributed by atoms with E-state index in [1.54, 1.807) is 13.0 Å². The highest BCUT2D eigenvalue weighted by molar-refractivity contribution is 7.17. The van der Waals surface area contributed by atoms with Crippen molar-refractivity contribution in [3.8, 4) is 16.9 Å². The molecule has 1 aliphatic carbocycles. The van der Waals surface area contributed by atoms with E-state index in [1.807, 2.05) is 36.4 Å². The van der Waals surface area contributed by atoms with Crippen LogP contribution in [0.15, 0.2) is 57.7 Å². The standard InChI is InChI=1S/C29H27NO6S/c1-16-9-10-20-23(13-16)37-28(26(20)29(33)34-3)30-24(31)15-35-22-12-11-19-21(18-7-5-4-6-8-18)14-25(32)36-27(19)17(22)2/h4-8,11-12,14,16H,9-10,13,15H2,1-3H3,(H,30,31). The summed E-state index contributed by atoms with van der Waals surface area (Å²) >= 11 is 1.43. The summed E-state index contributed by atoms with van der Waals surface area (Å²) in [4.78, 5) is 38.8. The number of methoxy groups -OCH3 is 1. The molecule has 7 nitrogen and oxygen atoms in total. The fourth-order valence-electron chi connectivity index (χ4n) is 4.82. The van der Waals surface area contributed by atoms with E-state index in [1.165, 1.54) is 24.5 Å². The van der Waals surface area contributed by atoms with Crippen LogP contribution in [0, 0.1) is 12.8 Å². The molecule has 1 atom stereocenters. The molecule has 5 rings (SSSR count). The van der Waals surface area contributed by atoms with Gasteiger partial charge in [0.15, 0.2) is 6.61 Å². The van der Waals surface area contributed by atoms with Crippen molar-refractivity contribution in [2.24, 2.45) is 5.92 Å². The van der Waals surface area contributed by atoms with Gasteiger partial charge in [-0.05, 0) is 60.9 Å². The molecule has 190 valence electrons. The van der Waals surface area contributed by atoms with Crippen LogP contribution < -0.4 is 15.7 Å². The molecule has 0 radical (unpaired) electrons. The van der Waals surface area contributed by atoms with Gasteiger partial charge in [-0.1, -0.05) is 37.3 Å². The Morgan fingerprint density at radius 2 is 1.95 bits per heavy atom. The molecule has 0 saturated carbocycles. The van der Waals surface area contributed by atoms with Gasteiger partial charge in [0.2, 0.25) is 0 Å². The van der Waals surface area contributed by atoms with Crippen molar-refractivity contribution in [3.63, 3.8) is 0 Å². The van der Waals surface area contributed by atoms with E-state index in [-0.39, 0.29) is 6.61 Å². The number of ether oxygens (including phenoxy) is 2. The molecular weight excluding hydrogens is 490 g/mol. The zero-order chi connectivity index (χ0) is 26.1. The van der Waals surface area contributed by atoms with Crippen molar-refractivity contribution >= 4 is 39.2 Å². The summed E-state index contributed by atoms with van der Waals surface area (Å²) in [5, 5.41) is 4.12. The summed E-state index contributed by atoms with van der Waals surface area (Å²) in [6.07, 6.45) is 2.66.